The number of rotatable bonds is 4. The Balaban J connectivity index is 2.08. The van der Waals surface area contributed by atoms with Gasteiger partial charge in [0.05, 0.1) is 17.9 Å². The molecule has 1 aromatic rings. The third kappa shape index (κ3) is 3.28. The Morgan fingerprint density at radius 2 is 2.35 bits per heavy atom. The van der Waals surface area contributed by atoms with E-state index in [1.54, 1.807) is 31.1 Å². The highest BCUT2D eigenvalue weighted by Crippen LogP contribution is 2.22. The van der Waals surface area contributed by atoms with E-state index in [2.05, 4.69) is 5.32 Å². The summed E-state index contributed by atoms with van der Waals surface area (Å²) in [6.45, 7) is 2.14. The van der Waals surface area contributed by atoms with Gasteiger partial charge in [0.15, 0.2) is 0 Å². The van der Waals surface area contributed by atoms with Gasteiger partial charge in [0, 0.05) is 27.2 Å². The highest BCUT2D eigenvalue weighted by atomic mass is 19.1. The molecule has 0 spiro atoms. The molecule has 0 aromatic heterocycles. The molecule has 1 unspecified atom stereocenters. The first-order chi connectivity index (χ1) is 9.63. The van der Waals surface area contributed by atoms with Crippen molar-refractivity contribution in [1.82, 2.24) is 4.90 Å². The first-order valence-electron chi connectivity index (χ1n) is 6.93. The molecule has 1 aliphatic rings. The predicted molar refractivity (Wildman–Crippen MR) is 76.5 cm³/mol. The second-order valence-electron chi connectivity index (χ2n) is 5.18. The minimum absolute atomic E-state index is 0.167. The van der Waals surface area contributed by atoms with Gasteiger partial charge in [-0.1, -0.05) is 6.07 Å². The summed E-state index contributed by atoms with van der Waals surface area (Å²) in [5.74, 6) is -0.212. The molecule has 110 valence electrons. The Kier molecular flexibility index (Phi) is 4.95. The molecule has 1 atom stereocenters. The van der Waals surface area contributed by atoms with E-state index >= 15 is 0 Å². The summed E-state index contributed by atoms with van der Waals surface area (Å²) >= 11 is 0. The Bertz CT molecular complexity index is 473. The molecule has 1 amide bonds. The third-order valence-corrected chi connectivity index (χ3v) is 3.63. The van der Waals surface area contributed by atoms with Gasteiger partial charge in [-0.15, -0.1) is 0 Å². The van der Waals surface area contributed by atoms with Crippen molar-refractivity contribution in [1.29, 1.82) is 0 Å². The summed E-state index contributed by atoms with van der Waals surface area (Å²) < 4.78 is 19.1. The van der Waals surface area contributed by atoms with Crippen LogP contribution in [0.1, 0.15) is 23.2 Å². The van der Waals surface area contributed by atoms with E-state index in [-0.39, 0.29) is 11.6 Å². The molecule has 20 heavy (non-hydrogen) atoms. The summed E-state index contributed by atoms with van der Waals surface area (Å²) in [5.41, 5.74) is 0.621. The van der Waals surface area contributed by atoms with Crippen LogP contribution >= 0.6 is 0 Å². The van der Waals surface area contributed by atoms with Crippen molar-refractivity contribution in [3.05, 3.63) is 29.6 Å². The predicted octanol–water partition coefficient (Wildman–Crippen LogP) is 2.37. The zero-order valence-electron chi connectivity index (χ0n) is 12.0. The zero-order chi connectivity index (χ0) is 14.5. The van der Waals surface area contributed by atoms with E-state index in [9.17, 15) is 9.18 Å². The van der Waals surface area contributed by atoms with Gasteiger partial charge in [-0.3, -0.25) is 4.79 Å². The lowest BCUT2D eigenvalue weighted by molar-refractivity contribution is 0.0388. The van der Waals surface area contributed by atoms with Crippen LogP contribution in [-0.4, -0.2) is 44.7 Å². The van der Waals surface area contributed by atoms with Crippen LogP contribution < -0.4 is 5.32 Å². The summed E-state index contributed by atoms with van der Waals surface area (Å²) in [6.07, 6.45) is 2.11. The van der Waals surface area contributed by atoms with E-state index in [0.717, 1.165) is 19.4 Å². The standard InChI is InChI=1S/C15H21FN2O2/c1-17-14-12(6-3-7-13(14)16)15(19)18(2)9-11-5-4-8-20-10-11/h3,6-7,11,17H,4-5,8-10H2,1-2H3. The van der Waals surface area contributed by atoms with Gasteiger partial charge < -0.3 is 15.0 Å². The molecule has 0 bridgehead atoms. The number of anilines is 1. The van der Waals surface area contributed by atoms with Crippen molar-refractivity contribution in [3.63, 3.8) is 0 Å². The molecule has 1 aliphatic heterocycles. The number of benzene rings is 1. The Labute approximate surface area is 118 Å². The third-order valence-electron chi connectivity index (χ3n) is 3.63. The smallest absolute Gasteiger partial charge is 0.255 e. The number of ether oxygens (including phenoxy) is 1. The molecular weight excluding hydrogens is 259 g/mol. The van der Waals surface area contributed by atoms with Gasteiger partial charge >= 0.3 is 0 Å². The molecule has 1 heterocycles. The lowest BCUT2D eigenvalue weighted by Crippen LogP contribution is -2.35. The van der Waals surface area contributed by atoms with E-state index < -0.39 is 5.82 Å². The molecule has 1 N–H and O–H groups in total. The fourth-order valence-electron chi connectivity index (χ4n) is 2.58. The second kappa shape index (κ2) is 6.70. The Morgan fingerprint density at radius 1 is 1.55 bits per heavy atom. The Morgan fingerprint density at radius 3 is 3.00 bits per heavy atom. The summed E-state index contributed by atoms with van der Waals surface area (Å²) in [7, 11) is 3.37. The highest BCUT2D eigenvalue weighted by Gasteiger charge is 2.22. The van der Waals surface area contributed by atoms with E-state index in [4.69, 9.17) is 4.74 Å². The molecule has 0 aliphatic carbocycles. The average Bonchev–Trinajstić information content (AvgIpc) is 2.47. The van der Waals surface area contributed by atoms with E-state index in [0.29, 0.717) is 24.6 Å². The first kappa shape index (κ1) is 14.8. The average molecular weight is 280 g/mol. The van der Waals surface area contributed by atoms with Gasteiger partial charge in [0.1, 0.15) is 5.82 Å². The number of para-hydroxylation sites is 1. The van der Waals surface area contributed by atoms with E-state index in [1.165, 1.54) is 6.07 Å². The van der Waals surface area contributed by atoms with Crippen LogP contribution in [0.25, 0.3) is 0 Å². The number of halogens is 1. The number of amides is 1. The summed E-state index contributed by atoms with van der Waals surface area (Å²) in [6, 6.07) is 4.55. The molecule has 1 fully saturated rings. The van der Waals surface area contributed by atoms with Gasteiger partial charge in [-0.05, 0) is 30.9 Å². The quantitative estimate of drug-likeness (QED) is 0.920. The van der Waals surface area contributed by atoms with Crippen molar-refractivity contribution >= 4 is 11.6 Å². The van der Waals surface area contributed by atoms with Crippen molar-refractivity contribution < 1.29 is 13.9 Å². The fraction of sp³-hybridized carbons (Fsp3) is 0.533. The maximum Gasteiger partial charge on any atom is 0.255 e. The number of hydrogen-bond donors (Lipinski definition) is 1. The summed E-state index contributed by atoms with van der Waals surface area (Å²) in [5, 5.41) is 2.76. The molecule has 5 heteroatoms. The lowest BCUT2D eigenvalue weighted by Gasteiger charge is -2.27. The van der Waals surface area contributed by atoms with Gasteiger partial charge in [0.25, 0.3) is 5.91 Å². The van der Waals surface area contributed by atoms with Crippen LogP contribution in [0.5, 0.6) is 0 Å². The monoisotopic (exact) mass is 280 g/mol. The second-order valence-corrected chi connectivity index (χ2v) is 5.18. The molecule has 1 saturated heterocycles. The Hall–Kier alpha value is -1.62. The lowest BCUT2D eigenvalue weighted by atomic mass is 10.0. The largest absolute Gasteiger partial charge is 0.385 e. The highest BCUT2D eigenvalue weighted by molar-refractivity contribution is 5.99. The van der Waals surface area contributed by atoms with Crippen LogP contribution in [0.4, 0.5) is 10.1 Å². The van der Waals surface area contributed by atoms with Crippen LogP contribution in [-0.2, 0) is 4.74 Å². The van der Waals surface area contributed by atoms with Crippen molar-refractivity contribution in [2.24, 2.45) is 5.92 Å². The molecular formula is C15H21FN2O2. The van der Waals surface area contributed by atoms with Crippen LogP contribution in [0.3, 0.4) is 0 Å². The molecule has 0 saturated carbocycles. The maximum atomic E-state index is 13.7. The first-order valence-corrected chi connectivity index (χ1v) is 6.93. The summed E-state index contributed by atoms with van der Waals surface area (Å²) in [4.78, 5) is 14.1. The van der Waals surface area contributed by atoms with Crippen molar-refractivity contribution in [2.75, 3.05) is 39.2 Å². The zero-order valence-corrected chi connectivity index (χ0v) is 12.0. The van der Waals surface area contributed by atoms with E-state index in [1.807, 2.05) is 0 Å². The van der Waals surface area contributed by atoms with Gasteiger partial charge in [0.2, 0.25) is 0 Å². The molecule has 4 nitrogen and oxygen atoms in total. The van der Waals surface area contributed by atoms with Crippen LogP contribution in [0.15, 0.2) is 18.2 Å². The number of nitrogens with one attached hydrogen (secondary N) is 1. The van der Waals surface area contributed by atoms with Crippen molar-refractivity contribution in [2.45, 2.75) is 12.8 Å². The van der Waals surface area contributed by atoms with Crippen LogP contribution in [0.2, 0.25) is 0 Å². The molecule has 1 aromatic carbocycles. The number of carbonyl (C=O) groups excluding carboxylic acids is 1. The van der Waals surface area contributed by atoms with Crippen LogP contribution in [0, 0.1) is 11.7 Å². The minimum Gasteiger partial charge on any atom is -0.385 e. The van der Waals surface area contributed by atoms with Crippen molar-refractivity contribution in [3.8, 4) is 0 Å². The number of nitrogens with zero attached hydrogens (tertiary/aromatic N) is 1. The van der Waals surface area contributed by atoms with Gasteiger partial charge in [-0.2, -0.15) is 0 Å². The topological polar surface area (TPSA) is 41.6 Å². The molecule has 0 radical (unpaired) electrons. The molecule has 2 rings (SSSR count). The number of hydrogen-bond acceptors (Lipinski definition) is 3. The SMILES string of the molecule is CNc1c(F)cccc1C(=O)N(C)CC1CCCOC1. The maximum absolute atomic E-state index is 13.7. The van der Waals surface area contributed by atoms with Gasteiger partial charge in [-0.25, -0.2) is 4.39 Å². The fourth-order valence-corrected chi connectivity index (χ4v) is 2.58. The number of carbonyl (C=O) groups is 1. The minimum atomic E-state index is -0.409. The normalized spacial score (nSPS) is 18.6.